The Labute approximate surface area is 132 Å². The van der Waals surface area contributed by atoms with Gasteiger partial charge in [-0.15, -0.1) is 11.3 Å². The monoisotopic (exact) mass is 303 g/mol. The van der Waals surface area contributed by atoms with Crippen molar-refractivity contribution in [1.82, 2.24) is 4.90 Å². The summed E-state index contributed by atoms with van der Waals surface area (Å²) in [6.07, 6.45) is 0. The summed E-state index contributed by atoms with van der Waals surface area (Å²) in [6, 6.07) is 10.9. The summed E-state index contributed by atoms with van der Waals surface area (Å²) in [7, 11) is 2.05. The van der Waals surface area contributed by atoms with E-state index in [0.29, 0.717) is 12.5 Å². The maximum atomic E-state index is 9.07. The molecule has 0 aliphatic carbocycles. The first-order valence-corrected chi connectivity index (χ1v) is 8.32. The van der Waals surface area contributed by atoms with Gasteiger partial charge in [0.15, 0.2) is 0 Å². The normalized spacial score (nSPS) is 11.6. The molecule has 0 radical (unpaired) electrons. The van der Waals surface area contributed by atoms with Crippen LogP contribution < -0.4 is 0 Å². The fourth-order valence-corrected chi connectivity index (χ4v) is 3.72. The van der Waals surface area contributed by atoms with Crippen LogP contribution in [0.25, 0.3) is 10.4 Å². The molecule has 0 bridgehead atoms. The summed E-state index contributed by atoms with van der Waals surface area (Å²) < 4.78 is 0. The Morgan fingerprint density at radius 2 is 1.95 bits per heavy atom. The van der Waals surface area contributed by atoms with Crippen molar-refractivity contribution >= 4 is 11.3 Å². The average Bonchev–Trinajstić information content (AvgIpc) is 2.82. The molecule has 2 rings (SSSR count). The van der Waals surface area contributed by atoms with Gasteiger partial charge in [-0.25, -0.2) is 0 Å². The molecule has 3 heteroatoms. The van der Waals surface area contributed by atoms with E-state index < -0.39 is 0 Å². The van der Waals surface area contributed by atoms with E-state index >= 15 is 0 Å². The van der Waals surface area contributed by atoms with Crippen molar-refractivity contribution in [3.05, 3.63) is 46.3 Å². The second-order valence-corrected chi connectivity index (χ2v) is 7.02. The summed E-state index contributed by atoms with van der Waals surface area (Å²) in [6.45, 7) is 8.46. The fourth-order valence-electron chi connectivity index (χ4n) is 2.48. The van der Waals surface area contributed by atoms with Crippen LogP contribution in [0.15, 0.2) is 30.3 Å². The molecular weight excluding hydrogens is 278 g/mol. The van der Waals surface area contributed by atoms with Crippen molar-refractivity contribution in [1.29, 1.82) is 0 Å². The number of likely N-dealkylation sites (N-methyl/N-ethyl adjacent to an activating group) is 1. The van der Waals surface area contributed by atoms with Crippen LogP contribution in [0, 0.1) is 6.92 Å². The fraction of sp³-hybridized carbons (Fsp3) is 0.444. The Morgan fingerprint density at radius 1 is 1.24 bits per heavy atom. The molecule has 0 fully saturated rings. The van der Waals surface area contributed by atoms with E-state index in [0.717, 1.165) is 6.54 Å². The molecule has 1 heterocycles. The quantitative estimate of drug-likeness (QED) is 0.861. The Balaban J connectivity index is 2.35. The molecule has 0 unspecified atom stereocenters. The molecule has 1 N–H and O–H groups in total. The lowest BCUT2D eigenvalue weighted by Gasteiger charge is -2.17. The summed E-state index contributed by atoms with van der Waals surface area (Å²) in [4.78, 5) is 4.98. The first-order valence-electron chi connectivity index (χ1n) is 7.51. The highest BCUT2D eigenvalue weighted by Gasteiger charge is 2.13. The Bertz CT molecular complexity index is 589. The highest BCUT2D eigenvalue weighted by atomic mass is 32.1. The Kier molecular flexibility index (Phi) is 5.57. The number of benzene rings is 1. The number of aliphatic hydroxyl groups is 1. The van der Waals surface area contributed by atoms with Crippen LogP contribution in [0.2, 0.25) is 0 Å². The summed E-state index contributed by atoms with van der Waals surface area (Å²) in [5, 5.41) is 9.07. The van der Waals surface area contributed by atoms with E-state index in [9.17, 15) is 0 Å². The van der Waals surface area contributed by atoms with Gasteiger partial charge in [0.05, 0.1) is 6.61 Å². The van der Waals surface area contributed by atoms with E-state index in [2.05, 4.69) is 56.0 Å². The summed E-state index contributed by atoms with van der Waals surface area (Å²) >= 11 is 1.91. The van der Waals surface area contributed by atoms with E-state index in [1.54, 1.807) is 0 Å². The molecule has 0 saturated carbocycles. The van der Waals surface area contributed by atoms with Crippen molar-refractivity contribution in [2.24, 2.45) is 0 Å². The standard InChI is InChI=1S/C18H25NOS/c1-13(2)17-11-14(3)18(21-17)16-8-6-5-7-15(16)12-19(4)9-10-20/h5-8,11,13,20H,9-10,12H2,1-4H3. The first kappa shape index (κ1) is 16.2. The van der Waals surface area contributed by atoms with Gasteiger partial charge < -0.3 is 5.11 Å². The lowest BCUT2D eigenvalue weighted by molar-refractivity contribution is 0.217. The third-order valence-corrected chi connectivity index (χ3v) is 5.26. The molecule has 21 heavy (non-hydrogen) atoms. The second kappa shape index (κ2) is 7.21. The molecule has 0 saturated heterocycles. The minimum Gasteiger partial charge on any atom is -0.395 e. The summed E-state index contributed by atoms with van der Waals surface area (Å²) in [5.41, 5.74) is 4.02. The lowest BCUT2D eigenvalue weighted by atomic mass is 10.0. The first-order chi connectivity index (χ1) is 10.0. The van der Waals surface area contributed by atoms with Gasteiger partial charge in [-0.3, -0.25) is 4.90 Å². The smallest absolute Gasteiger partial charge is 0.0558 e. The number of thiophene rings is 1. The highest BCUT2D eigenvalue weighted by molar-refractivity contribution is 7.15. The zero-order valence-electron chi connectivity index (χ0n) is 13.4. The third kappa shape index (κ3) is 3.94. The molecular formula is C18H25NOS. The van der Waals surface area contributed by atoms with Crippen LogP contribution in [-0.2, 0) is 6.54 Å². The highest BCUT2D eigenvalue weighted by Crippen LogP contribution is 2.37. The van der Waals surface area contributed by atoms with Crippen LogP contribution in [0.1, 0.15) is 35.8 Å². The van der Waals surface area contributed by atoms with Gasteiger partial charge in [0.1, 0.15) is 0 Å². The number of aryl methyl sites for hydroxylation is 1. The van der Waals surface area contributed by atoms with Crippen LogP contribution in [0.4, 0.5) is 0 Å². The molecule has 0 aliphatic rings. The Hall–Kier alpha value is -1.16. The van der Waals surface area contributed by atoms with Crippen molar-refractivity contribution in [3.8, 4) is 10.4 Å². The average molecular weight is 303 g/mol. The number of hydrogen-bond acceptors (Lipinski definition) is 3. The number of nitrogens with zero attached hydrogens (tertiary/aromatic N) is 1. The molecule has 0 spiro atoms. The molecule has 2 aromatic rings. The van der Waals surface area contributed by atoms with Crippen LogP contribution in [0.5, 0.6) is 0 Å². The largest absolute Gasteiger partial charge is 0.395 e. The van der Waals surface area contributed by atoms with Gasteiger partial charge in [0, 0.05) is 22.8 Å². The maximum absolute atomic E-state index is 9.07. The predicted molar refractivity (Wildman–Crippen MR) is 92.0 cm³/mol. The molecule has 1 aromatic carbocycles. The van der Waals surface area contributed by atoms with Crippen molar-refractivity contribution in [2.75, 3.05) is 20.2 Å². The molecule has 1 aromatic heterocycles. The molecule has 114 valence electrons. The molecule has 0 atom stereocenters. The zero-order chi connectivity index (χ0) is 15.4. The number of aliphatic hydroxyl groups excluding tert-OH is 1. The maximum Gasteiger partial charge on any atom is 0.0558 e. The van der Waals surface area contributed by atoms with E-state index in [1.807, 2.05) is 18.4 Å². The van der Waals surface area contributed by atoms with Crippen molar-refractivity contribution in [2.45, 2.75) is 33.2 Å². The second-order valence-electron chi connectivity index (χ2n) is 5.93. The van der Waals surface area contributed by atoms with Gasteiger partial charge in [-0.05, 0) is 42.6 Å². The van der Waals surface area contributed by atoms with Gasteiger partial charge in [-0.2, -0.15) is 0 Å². The van der Waals surface area contributed by atoms with Gasteiger partial charge >= 0.3 is 0 Å². The van der Waals surface area contributed by atoms with Crippen LogP contribution in [-0.4, -0.2) is 30.2 Å². The molecule has 0 amide bonds. The van der Waals surface area contributed by atoms with Crippen molar-refractivity contribution < 1.29 is 5.11 Å². The van der Waals surface area contributed by atoms with Crippen molar-refractivity contribution in [3.63, 3.8) is 0 Å². The van der Waals surface area contributed by atoms with Gasteiger partial charge in [-0.1, -0.05) is 38.1 Å². The van der Waals surface area contributed by atoms with Crippen LogP contribution in [0.3, 0.4) is 0 Å². The zero-order valence-corrected chi connectivity index (χ0v) is 14.2. The van der Waals surface area contributed by atoms with E-state index in [4.69, 9.17) is 5.11 Å². The minimum atomic E-state index is 0.203. The topological polar surface area (TPSA) is 23.5 Å². The number of hydrogen-bond donors (Lipinski definition) is 1. The summed E-state index contributed by atoms with van der Waals surface area (Å²) in [5.74, 6) is 0.576. The molecule has 2 nitrogen and oxygen atoms in total. The molecule has 0 aliphatic heterocycles. The minimum absolute atomic E-state index is 0.203. The lowest BCUT2D eigenvalue weighted by Crippen LogP contribution is -2.21. The van der Waals surface area contributed by atoms with E-state index in [-0.39, 0.29) is 6.61 Å². The van der Waals surface area contributed by atoms with Crippen LogP contribution >= 0.6 is 11.3 Å². The van der Waals surface area contributed by atoms with Gasteiger partial charge in [0.2, 0.25) is 0 Å². The Morgan fingerprint density at radius 3 is 2.57 bits per heavy atom. The number of rotatable bonds is 6. The van der Waals surface area contributed by atoms with Gasteiger partial charge in [0.25, 0.3) is 0 Å². The van der Waals surface area contributed by atoms with E-state index in [1.165, 1.54) is 26.4 Å². The SMILES string of the molecule is Cc1cc(C(C)C)sc1-c1ccccc1CN(C)CCO. The third-order valence-electron chi connectivity index (χ3n) is 3.69. The predicted octanol–water partition coefficient (Wildman–Crippen LogP) is 4.27.